The van der Waals surface area contributed by atoms with Crippen LogP contribution in [0.25, 0.3) is 0 Å². The van der Waals surface area contributed by atoms with Crippen molar-refractivity contribution in [1.82, 2.24) is 10.6 Å². The molecule has 10 heteroatoms. The Morgan fingerprint density at radius 2 is 1.41 bits per heavy atom. The van der Waals surface area contributed by atoms with Gasteiger partial charge in [0.1, 0.15) is 12.2 Å². The van der Waals surface area contributed by atoms with Gasteiger partial charge in [0.05, 0.1) is 26.1 Å². The summed E-state index contributed by atoms with van der Waals surface area (Å²) in [4.78, 5) is 46.4. The van der Waals surface area contributed by atoms with Crippen LogP contribution in [0.3, 0.4) is 0 Å². The second kappa shape index (κ2) is 11.1. The number of esters is 2. The van der Waals surface area contributed by atoms with E-state index in [9.17, 15) is 19.2 Å². The minimum Gasteiger partial charge on any atom is -0.457 e. The van der Waals surface area contributed by atoms with Crippen LogP contribution in [0.2, 0.25) is 0 Å². The number of hydrogen-bond acceptors (Lipinski definition) is 8. The first-order chi connectivity index (χ1) is 13.8. The van der Waals surface area contributed by atoms with Gasteiger partial charge in [-0.3, -0.25) is 19.2 Å². The Morgan fingerprint density at radius 3 is 1.86 bits per heavy atom. The van der Waals surface area contributed by atoms with Crippen LogP contribution in [0.4, 0.5) is 0 Å². The minimum atomic E-state index is -0.583. The highest BCUT2D eigenvalue weighted by atomic mass is 16.7. The van der Waals surface area contributed by atoms with Crippen molar-refractivity contribution in [2.24, 2.45) is 5.92 Å². The van der Waals surface area contributed by atoms with Crippen molar-refractivity contribution in [2.75, 3.05) is 26.3 Å². The molecule has 2 amide bonds. The van der Waals surface area contributed by atoms with Crippen LogP contribution < -0.4 is 10.6 Å². The van der Waals surface area contributed by atoms with E-state index >= 15 is 0 Å². The molecule has 164 valence electrons. The molecule has 0 saturated carbocycles. The van der Waals surface area contributed by atoms with E-state index in [1.165, 1.54) is 6.92 Å². The van der Waals surface area contributed by atoms with E-state index in [2.05, 4.69) is 10.6 Å². The maximum Gasteiger partial charge on any atom is 0.308 e. The quantitative estimate of drug-likeness (QED) is 0.466. The second-order valence-electron chi connectivity index (χ2n) is 7.24. The van der Waals surface area contributed by atoms with Gasteiger partial charge in [-0.1, -0.05) is 13.8 Å². The summed E-state index contributed by atoms with van der Waals surface area (Å²) < 4.78 is 22.0. The lowest BCUT2D eigenvalue weighted by molar-refractivity contribution is -0.155. The summed E-state index contributed by atoms with van der Waals surface area (Å²) in [6.45, 7) is 5.83. The zero-order valence-corrected chi connectivity index (χ0v) is 17.1. The molecular formula is C19H30N2O8. The molecule has 0 aromatic carbocycles. The third-order valence-electron chi connectivity index (χ3n) is 4.92. The monoisotopic (exact) mass is 414 g/mol. The summed E-state index contributed by atoms with van der Waals surface area (Å²) in [5.74, 6) is -1.32. The highest BCUT2D eigenvalue weighted by Gasteiger charge is 2.51. The lowest BCUT2D eigenvalue weighted by atomic mass is 10.1. The number of carbonyl (C=O) groups excluding carboxylic acids is 4. The molecule has 2 saturated heterocycles. The van der Waals surface area contributed by atoms with Crippen LogP contribution in [0, 0.1) is 5.92 Å². The molecule has 10 nitrogen and oxygen atoms in total. The van der Waals surface area contributed by atoms with Crippen LogP contribution in [-0.2, 0) is 38.1 Å². The Bertz CT molecular complexity index is 611. The van der Waals surface area contributed by atoms with Crippen LogP contribution in [-0.4, -0.2) is 74.5 Å². The standard InChI is InChI=1S/C19H30N2O8/c1-4-11(2)19(25)21-8-6-16(24)29-14-10-27-17-13(9-26-18(14)17)28-15(23)5-7-20-12(3)22/h11,13-14,17-18H,4-10H2,1-3H3,(H,20,22)(H,21,25)/t11?,13-,14-,17?,18+/m0/s1. The van der Waals surface area contributed by atoms with E-state index < -0.39 is 36.4 Å². The molecule has 0 aliphatic carbocycles. The van der Waals surface area contributed by atoms with Crippen molar-refractivity contribution in [3.05, 3.63) is 0 Å². The second-order valence-corrected chi connectivity index (χ2v) is 7.24. The number of hydrogen-bond donors (Lipinski definition) is 2. The average molecular weight is 414 g/mol. The van der Waals surface area contributed by atoms with Gasteiger partial charge >= 0.3 is 11.9 Å². The van der Waals surface area contributed by atoms with Crippen molar-refractivity contribution in [2.45, 2.75) is 64.4 Å². The van der Waals surface area contributed by atoms with Gasteiger partial charge in [-0.05, 0) is 6.42 Å². The van der Waals surface area contributed by atoms with E-state index in [1.807, 2.05) is 13.8 Å². The van der Waals surface area contributed by atoms with E-state index in [4.69, 9.17) is 18.9 Å². The molecule has 2 aliphatic heterocycles. The number of nitrogens with one attached hydrogen (secondary N) is 2. The largest absolute Gasteiger partial charge is 0.457 e. The molecule has 2 rings (SSSR count). The van der Waals surface area contributed by atoms with Crippen molar-refractivity contribution >= 4 is 23.8 Å². The Hall–Kier alpha value is -2.20. The minimum absolute atomic E-state index is 0.0499. The zero-order valence-electron chi connectivity index (χ0n) is 17.1. The zero-order chi connectivity index (χ0) is 21.4. The predicted molar refractivity (Wildman–Crippen MR) is 99.6 cm³/mol. The van der Waals surface area contributed by atoms with Gasteiger partial charge in [-0.2, -0.15) is 0 Å². The fraction of sp³-hybridized carbons (Fsp3) is 0.789. The maximum atomic E-state index is 12.0. The summed E-state index contributed by atoms with van der Waals surface area (Å²) in [6.07, 6.45) is -1.32. The Balaban J connectivity index is 1.70. The summed E-state index contributed by atoms with van der Waals surface area (Å²) in [6, 6.07) is 0. The molecule has 2 aliphatic rings. The lowest BCUT2D eigenvalue weighted by Gasteiger charge is -2.17. The Kier molecular flexibility index (Phi) is 8.84. The first-order valence-electron chi connectivity index (χ1n) is 9.96. The first-order valence-corrected chi connectivity index (χ1v) is 9.96. The van der Waals surface area contributed by atoms with Crippen LogP contribution in [0.5, 0.6) is 0 Å². The summed E-state index contributed by atoms with van der Waals surface area (Å²) >= 11 is 0. The summed E-state index contributed by atoms with van der Waals surface area (Å²) in [5, 5.41) is 5.23. The molecule has 0 aromatic rings. The highest BCUT2D eigenvalue weighted by Crippen LogP contribution is 2.30. The molecule has 2 heterocycles. The highest BCUT2D eigenvalue weighted by molar-refractivity contribution is 5.79. The molecule has 0 radical (unpaired) electrons. The first kappa shape index (κ1) is 23.1. The topological polar surface area (TPSA) is 129 Å². The van der Waals surface area contributed by atoms with Crippen LogP contribution in [0.15, 0.2) is 0 Å². The smallest absolute Gasteiger partial charge is 0.308 e. The third kappa shape index (κ3) is 6.97. The van der Waals surface area contributed by atoms with Gasteiger partial charge in [0.15, 0.2) is 12.2 Å². The van der Waals surface area contributed by atoms with E-state index in [1.54, 1.807) is 0 Å². The molecule has 2 fully saturated rings. The number of ether oxygens (including phenoxy) is 4. The van der Waals surface area contributed by atoms with Crippen molar-refractivity contribution in [3.63, 3.8) is 0 Å². The average Bonchev–Trinajstić information content (AvgIpc) is 3.24. The van der Waals surface area contributed by atoms with Crippen molar-refractivity contribution in [3.8, 4) is 0 Å². The number of carbonyl (C=O) groups is 4. The van der Waals surface area contributed by atoms with E-state index in [-0.39, 0.29) is 56.9 Å². The SMILES string of the molecule is CCC(C)C(=O)NCCC(=O)O[C@H]1COC2[C@@H](OC(=O)CCNC(C)=O)CO[C@@H]21. The Labute approximate surface area is 169 Å². The van der Waals surface area contributed by atoms with E-state index in [0.717, 1.165) is 6.42 Å². The predicted octanol–water partition coefficient (Wildman–Crippen LogP) is -0.314. The molecular weight excluding hydrogens is 384 g/mol. The molecule has 0 bridgehead atoms. The van der Waals surface area contributed by atoms with Crippen LogP contribution in [0.1, 0.15) is 40.0 Å². The fourth-order valence-electron chi connectivity index (χ4n) is 3.07. The normalized spacial score (nSPS) is 26.3. The number of amides is 2. The molecule has 5 atom stereocenters. The molecule has 0 spiro atoms. The van der Waals surface area contributed by atoms with Gasteiger partial charge in [0.2, 0.25) is 11.8 Å². The van der Waals surface area contributed by atoms with Crippen LogP contribution >= 0.6 is 0 Å². The lowest BCUT2D eigenvalue weighted by Crippen LogP contribution is -2.37. The number of fused-ring (bicyclic) bond motifs is 1. The number of rotatable bonds is 10. The van der Waals surface area contributed by atoms with Gasteiger partial charge in [-0.15, -0.1) is 0 Å². The fourth-order valence-corrected chi connectivity index (χ4v) is 3.07. The molecule has 2 N–H and O–H groups in total. The van der Waals surface area contributed by atoms with Crippen molar-refractivity contribution < 1.29 is 38.1 Å². The Morgan fingerprint density at radius 1 is 0.931 bits per heavy atom. The van der Waals surface area contributed by atoms with Gasteiger partial charge in [0.25, 0.3) is 0 Å². The van der Waals surface area contributed by atoms with Crippen molar-refractivity contribution in [1.29, 1.82) is 0 Å². The molecule has 2 unspecified atom stereocenters. The van der Waals surface area contributed by atoms with Gasteiger partial charge < -0.3 is 29.6 Å². The molecule has 0 aromatic heterocycles. The summed E-state index contributed by atoms with van der Waals surface area (Å²) in [7, 11) is 0. The summed E-state index contributed by atoms with van der Waals surface area (Å²) in [5.41, 5.74) is 0. The molecule has 29 heavy (non-hydrogen) atoms. The van der Waals surface area contributed by atoms with E-state index in [0.29, 0.717) is 0 Å². The maximum absolute atomic E-state index is 12.0. The van der Waals surface area contributed by atoms with Gasteiger partial charge in [0, 0.05) is 25.9 Å². The third-order valence-corrected chi connectivity index (χ3v) is 4.92. The van der Waals surface area contributed by atoms with Gasteiger partial charge in [-0.25, -0.2) is 0 Å².